The molecule has 0 spiro atoms. The molecule has 2 amide bonds. The van der Waals surface area contributed by atoms with E-state index in [4.69, 9.17) is 14.2 Å². The first-order chi connectivity index (χ1) is 18.0. The molecule has 3 aromatic rings. The Balaban J connectivity index is 1.64. The molecule has 0 fully saturated rings. The summed E-state index contributed by atoms with van der Waals surface area (Å²) < 4.78 is 16.3. The highest BCUT2D eigenvalue weighted by Gasteiger charge is 2.21. The molecule has 0 atom stereocenters. The molecule has 0 aliphatic rings. The maximum absolute atomic E-state index is 13.4. The van der Waals surface area contributed by atoms with Crippen molar-refractivity contribution >= 4 is 23.2 Å². The molecule has 0 aliphatic carbocycles. The predicted molar refractivity (Wildman–Crippen MR) is 146 cm³/mol. The lowest BCUT2D eigenvalue weighted by atomic mass is 10.1. The van der Waals surface area contributed by atoms with Crippen LogP contribution in [0.3, 0.4) is 0 Å². The summed E-state index contributed by atoms with van der Waals surface area (Å²) in [5, 5.41) is 1.99. The zero-order valence-corrected chi connectivity index (χ0v) is 22.2. The molecule has 8 heteroatoms. The van der Waals surface area contributed by atoms with E-state index in [1.54, 1.807) is 36.5 Å². The maximum Gasteiger partial charge on any atom is 0.249 e. The van der Waals surface area contributed by atoms with Crippen LogP contribution in [-0.2, 0) is 33.9 Å². The number of rotatable bonds is 15. The Bertz CT molecular complexity index is 1130. The molecule has 0 bridgehead atoms. The van der Waals surface area contributed by atoms with Crippen LogP contribution in [0.1, 0.15) is 16.0 Å². The Morgan fingerprint density at radius 3 is 2.38 bits per heavy atom. The standard InChI is InChI=1S/C29H34N2O5S/c1-4-15-30(29(33)22-36-21-24-9-6-5-7-10-24)20-28(32)31(19-25-11-8-17-37-25)16-14-23-12-13-26(34-2)27(18-23)35-3/h4-13,17-18H,1,14-16,19-22H2,2-3H3. The molecule has 7 nitrogen and oxygen atoms in total. The number of carbonyl (C=O) groups is 2. The normalized spacial score (nSPS) is 10.5. The van der Waals surface area contributed by atoms with Crippen molar-refractivity contribution in [1.82, 2.24) is 9.80 Å². The molecular formula is C29H34N2O5S. The number of methoxy groups -OCH3 is 2. The first kappa shape index (κ1) is 28.0. The van der Waals surface area contributed by atoms with E-state index < -0.39 is 0 Å². The van der Waals surface area contributed by atoms with E-state index in [-0.39, 0.29) is 31.5 Å². The number of carbonyl (C=O) groups excluding carboxylic acids is 2. The smallest absolute Gasteiger partial charge is 0.249 e. The number of nitrogens with zero attached hydrogens (tertiary/aromatic N) is 2. The summed E-state index contributed by atoms with van der Waals surface area (Å²) >= 11 is 1.60. The Kier molecular flexibility index (Phi) is 11.2. The SMILES string of the molecule is C=CCN(CC(=O)N(CCc1ccc(OC)c(OC)c1)Cc1cccs1)C(=O)COCc1ccccc1. The summed E-state index contributed by atoms with van der Waals surface area (Å²) in [5.41, 5.74) is 2.01. The van der Waals surface area contributed by atoms with Crippen molar-refractivity contribution in [2.24, 2.45) is 0 Å². The van der Waals surface area contributed by atoms with Crippen molar-refractivity contribution in [1.29, 1.82) is 0 Å². The maximum atomic E-state index is 13.4. The fraction of sp³-hybridized carbons (Fsp3) is 0.310. The molecule has 3 rings (SSSR count). The van der Waals surface area contributed by atoms with Gasteiger partial charge in [0.05, 0.1) is 27.4 Å². The van der Waals surface area contributed by atoms with Gasteiger partial charge in [-0.1, -0.05) is 48.5 Å². The van der Waals surface area contributed by atoms with Crippen LogP contribution < -0.4 is 9.47 Å². The molecule has 196 valence electrons. The molecule has 0 saturated heterocycles. The summed E-state index contributed by atoms with van der Waals surface area (Å²) in [7, 11) is 3.20. The van der Waals surface area contributed by atoms with Crippen molar-refractivity contribution in [3.8, 4) is 11.5 Å². The minimum atomic E-state index is -0.250. The number of benzene rings is 2. The molecule has 2 aromatic carbocycles. The van der Waals surface area contributed by atoms with Crippen molar-refractivity contribution in [3.05, 3.63) is 94.7 Å². The Labute approximate surface area is 222 Å². The average Bonchev–Trinajstić information content (AvgIpc) is 3.44. The summed E-state index contributed by atoms with van der Waals surface area (Å²) in [6.07, 6.45) is 2.25. The van der Waals surface area contributed by atoms with Gasteiger partial charge < -0.3 is 24.0 Å². The van der Waals surface area contributed by atoms with Gasteiger partial charge in [-0.2, -0.15) is 0 Å². The van der Waals surface area contributed by atoms with E-state index >= 15 is 0 Å². The van der Waals surface area contributed by atoms with Gasteiger partial charge >= 0.3 is 0 Å². The van der Waals surface area contributed by atoms with Gasteiger partial charge in [0.25, 0.3) is 0 Å². The molecule has 1 aromatic heterocycles. The Hall–Kier alpha value is -3.62. The number of hydrogen-bond acceptors (Lipinski definition) is 6. The summed E-state index contributed by atoms with van der Waals surface area (Å²) in [5.74, 6) is 0.924. The lowest BCUT2D eigenvalue weighted by Crippen LogP contribution is -2.44. The molecule has 0 unspecified atom stereocenters. The Morgan fingerprint density at radius 1 is 0.919 bits per heavy atom. The van der Waals surface area contributed by atoms with Gasteiger partial charge in [-0.25, -0.2) is 0 Å². The largest absolute Gasteiger partial charge is 0.493 e. The second-order valence-electron chi connectivity index (χ2n) is 8.38. The zero-order valence-electron chi connectivity index (χ0n) is 21.4. The third-order valence-corrected chi connectivity index (χ3v) is 6.62. The molecule has 0 N–H and O–H groups in total. The summed E-state index contributed by atoms with van der Waals surface area (Å²) in [6, 6.07) is 19.4. The van der Waals surface area contributed by atoms with Crippen molar-refractivity contribution in [2.75, 3.05) is 40.5 Å². The van der Waals surface area contributed by atoms with Crippen LogP contribution in [0, 0.1) is 0 Å². The van der Waals surface area contributed by atoms with E-state index in [2.05, 4.69) is 6.58 Å². The number of ether oxygens (including phenoxy) is 3. The van der Waals surface area contributed by atoms with Gasteiger partial charge in [0, 0.05) is 18.0 Å². The summed E-state index contributed by atoms with van der Waals surface area (Å²) in [4.78, 5) is 30.6. The second-order valence-corrected chi connectivity index (χ2v) is 9.41. The molecule has 0 radical (unpaired) electrons. The first-order valence-corrected chi connectivity index (χ1v) is 12.9. The van der Waals surface area contributed by atoms with E-state index in [0.29, 0.717) is 37.6 Å². The predicted octanol–water partition coefficient (Wildman–Crippen LogP) is 4.57. The van der Waals surface area contributed by atoms with Gasteiger partial charge in [-0.05, 0) is 41.1 Å². The highest BCUT2D eigenvalue weighted by atomic mass is 32.1. The van der Waals surface area contributed by atoms with Crippen LogP contribution in [0.15, 0.2) is 78.7 Å². The van der Waals surface area contributed by atoms with Crippen LogP contribution >= 0.6 is 11.3 Å². The Morgan fingerprint density at radius 2 is 1.70 bits per heavy atom. The van der Waals surface area contributed by atoms with Crippen LogP contribution in [-0.4, -0.2) is 62.1 Å². The molecule has 1 heterocycles. The van der Waals surface area contributed by atoms with E-state index in [1.807, 2.05) is 66.0 Å². The van der Waals surface area contributed by atoms with Crippen LogP contribution in [0.25, 0.3) is 0 Å². The summed E-state index contributed by atoms with van der Waals surface area (Å²) in [6.45, 7) is 5.17. The molecule has 37 heavy (non-hydrogen) atoms. The topological polar surface area (TPSA) is 68.3 Å². The van der Waals surface area contributed by atoms with E-state index in [9.17, 15) is 9.59 Å². The monoisotopic (exact) mass is 522 g/mol. The van der Waals surface area contributed by atoms with Crippen LogP contribution in [0.5, 0.6) is 11.5 Å². The third kappa shape index (κ3) is 8.77. The number of hydrogen-bond donors (Lipinski definition) is 0. The third-order valence-electron chi connectivity index (χ3n) is 5.76. The highest BCUT2D eigenvalue weighted by Crippen LogP contribution is 2.28. The molecule has 0 saturated carbocycles. The fourth-order valence-electron chi connectivity index (χ4n) is 3.78. The van der Waals surface area contributed by atoms with E-state index in [0.717, 1.165) is 16.0 Å². The zero-order chi connectivity index (χ0) is 26.5. The van der Waals surface area contributed by atoms with Crippen molar-refractivity contribution in [2.45, 2.75) is 19.6 Å². The van der Waals surface area contributed by atoms with E-state index in [1.165, 1.54) is 4.90 Å². The quantitative estimate of drug-likeness (QED) is 0.274. The minimum absolute atomic E-state index is 0.0448. The second kappa shape index (κ2) is 14.8. The lowest BCUT2D eigenvalue weighted by molar-refractivity contribution is -0.143. The fourth-order valence-corrected chi connectivity index (χ4v) is 4.50. The number of thiophene rings is 1. The molecule has 0 aliphatic heterocycles. The first-order valence-electron chi connectivity index (χ1n) is 12.1. The highest BCUT2D eigenvalue weighted by molar-refractivity contribution is 7.09. The van der Waals surface area contributed by atoms with Crippen molar-refractivity contribution < 1.29 is 23.8 Å². The van der Waals surface area contributed by atoms with Gasteiger partial charge in [0.2, 0.25) is 11.8 Å². The molecular weight excluding hydrogens is 488 g/mol. The average molecular weight is 523 g/mol. The number of amides is 2. The minimum Gasteiger partial charge on any atom is -0.493 e. The van der Waals surface area contributed by atoms with Crippen LogP contribution in [0.4, 0.5) is 0 Å². The van der Waals surface area contributed by atoms with Crippen molar-refractivity contribution in [3.63, 3.8) is 0 Å². The van der Waals surface area contributed by atoms with Gasteiger partial charge in [0.1, 0.15) is 13.2 Å². The van der Waals surface area contributed by atoms with Crippen LogP contribution in [0.2, 0.25) is 0 Å². The van der Waals surface area contributed by atoms with Gasteiger partial charge in [0.15, 0.2) is 11.5 Å². The van der Waals surface area contributed by atoms with Gasteiger partial charge in [-0.3, -0.25) is 9.59 Å². The lowest BCUT2D eigenvalue weighted by Gasteiger charge is -2.27. The van der Waals surface area contributed by atoms with Gasteiger partial charge in [-0.15, -0.1) is 17.9 Å².